The molecule has 1 fully saturated rings. The van der Waals surface area contributed by atoms with E-state index in [2.05, 4.69) is 41.8 Å². The molecular weight excluding hydrogens is 312 g/mol. The Hall–Kier alpha value is -1.87. The van der Waals surface area contributed by atoms with Gasteiger partial charge in [-0.3, -0.25) is 0 Å². The fraction of sp³-hybridized carbons (Fsp3) is 0.381. The van der Waals surface area contributed by atoms with E-state index >= 15 is 0 Å². The van der Waals surface area contributed by atoms with Crippen molar-refractivity contribution in [3.8, 4) is 0 Å². The van der Waals surface area contributed by atoms with Gasteiger partial charge in [-0.15, -0.1) is 0 Å². The topological polar surface area (TPSA) is 24.1 Å². The molecule has 24 heavy (non-hydrogen) atoms. The molecule has 0 unspecified atom stereocenters. The van der Waals surface area contributed by atoms with Gasteiger partial charge in [-0.05, 0) is 62.5 Å². The lowest BCUT2D eigenvalue weighted by atomic mass is 9.89. The van der Waals surface area contributed by atoms with Crippen molar-refractivity contribution < 1.29 is 0 Å². The Kier molecular flexibility index (Phi) is 5.52. The third-order valence-electron chi connectivity index (χ3n) is 4.95. The molecule has 0 saturated heterocycles. The third kappa shape index (κ3) is 4.57. The zero-order chi connectivity index (χ0) is 16.8. The SMILES string of the molecule is Cc1cccc(CCC2(NC(=S)Nc3ccccc3)CCCC2)c1. The maximum absolute atomic E-state index is 5.57. The zero-order valence-electron chi connectivity index (χ0n) is 14.3. The van der Waals surface area contributed by atoms with Gasteiger partial charge in [0.05, 0.1) is 0 Å². The second-order valence-electron chi connectivity index (χ2n) is 6.92. The number of anilines is 1. The van der Waals surface area contributed by atoms with Crippen molar-refractivity contribution in [1.29, 1.82) is 0 Å². The first kappa shape index (κ1) is 17.0. The van der Waals surface area contributed by atoms with E-state index in [4.69, 9.17) is 12.2 Å². The normalized spacial score (nSPS) is 15.9. The molecule has 0 heterocycles. The highest BCUT2D eigenvalue weighted by molar-refractivity contribution is 7.80. The lowest BCUT2D eigenvalue weighted by molar-refractivity contribution is 0.362. The van der Waals surface area contributed by atoms with Gasteiger partial charge in [0.2, 0.25) is 0 Å². The molecule has 0 spiro atoms. The van der Waals surface area contributed by atoms with Crippen LogP contribution in [0.15, 0.2) is 54.6 Å². The van der Waals surface area contributed by atoms with Crippen LogP contribution in [0, 0.1) is 6.92 Å². The first-order valence-corrected chi connectivity index (χ1v) is 9.26. The Morgan fingerprint density at radius 1 is 1.04 bits per heavy atom. The number of thiocarbonyl (C=S) groups is 1. The van der Waals surface area contributed by atoms with Crippen LogP contribution in [0.4, 0.5) is 5.69 Å². The van der Waals surface area contributed by atoms with Crippen LogP contribution in [-0.4, -0.2) is 10.7 Å². The number of benzene rings is 2. The van der Waals surface area contributed by atoms with E-state index in [1.165, 1.54) is 36.8 Å². The van der Waals surface area contributed by atoms with Gasteiger partial charge in [-0.2, -0.15) is 0 Å². The van der Waals surface area contributed by atoms with Gasteiger partial charge >= 0.3 is 0 Å². The number of hydrogen-bond donors (Lipinski definition) is 2. The van der Waals surface area contributed by atoms with Gasteiger partial charge in [0.15, 0.2) is 5.11 Å². The standard InChI is InChI=1S/C21H26N2S/c1-17-8-7-9-18(16-17)12-15-21(13-5-6-14-21)23-20(24)22-19-10-3-2-4-11-19/h2-4,7-11,16H,5-6,12-15H2,1H3,(H2,22,23,24). The molecule has 0 aromatic heterocycles. The van der Waals surface area contributed by atoms with Gasteiger partial charge in [0.25, 0.3) is 0 Å². The lowest BCUT2D eigenvalue weighted by Gasteiger charge is -2.32. The minimum absolute atomic E-state index is 0.141. The van der Waals surface area contributed by atoms with Gasteiger partial charge in [-0.1, -0.05) is 60.9 Å². The second-order valence-corrected chi connectivity index (χ2v) is 7.33. The van der Waals surface area contributed by atoms with Crippen LogP contribution in [0.5, 0.6) is 0 Å². The molecule has 2 nitrogen and oxygen atoms in total. The molecule has 1 aliphatic carbocycles. The summed E-state index contributed by atoms with van der Waals surface area (Å²) >= 11 is 5.57. The van der Waals surface area contributed by atoms with Crippen molar-refractivity contribution in [1.82, 2.24) is 5.32 Å². The van der Waals surface area contributed by atoms with Crippen molar-refractivity contribution in [2.75, 3.05) is 5.32 Å². The van der Waals surface area contributed by atoms with Gasteiger partial charge < -0.3 is 10.6 Å². The number of nitrogens with one attached hydrogen (secondary N) is 2. The highest BCUT2D eigenvalue weighted by Crippen LogP contribution is 2.34. The van der Waals surface area contributed by atoms with Crippen molar-refractivity contribution in [2.45, 2.75) is 51.0 Å². The minimum atomic E-state index is 0.141. The molecule has 0 aliphatic heterocycles. The Bertz CT molecular complexity index is 675. The summed E-state index contributed by atoms with van der Waals surface area (Å²) in [6.07, 6.45) is 7.21. The molecule has 3 heteroatoms. The first-order chi connectivity index (χ1) is 11.7. The molecular formula is C21H26N2S. The third-order valence-corrected chi connectivity index (χ3v) is 5.15. The van der Waals surface area contributed by atoms with Crippen molar-refractivity contribution in [3.63, 3.8) is 0 Å². The fourth-order valence-electron chi connectivity index (χ4n) is 3.67. The molecule has 1 saturated carbocycles. The molecule has 0 amide bonds. The van der Waals surface area contributed by atoms with Gasteiger partial charge in [-0.25, -0.2) is 0 Å². The summed E-state index contributed by atoms with van der Waals surface area (Å²) in [7, 11) is 0. The summed E-state index contributed by atoms with van der Waals surface area (Å²) in [6, 6.07) is 19.0. The highest BCUT2D eigenvalue weighted by atomic mass is 32.1. The second kappa shape index (κ2) is 7.80. The van der Waals surface area contributed by atoms with E-state index in [-0.39, 0.29) is 5.54 Å². The van der Waals surface area contributed by atoms with E-state index in [9.17, 15) is 0 Å². The summed E-state index contributed by atoms with van der Waals surface area (Å²) in [6.45, 7) is 2.16. The summed E-state index contributed by atoms with van der Waals surface area (Å²) < 4.78 is 0. The summed E-state index contributed by atoms with van der Waals surface area (Å²) in [5.74, 6) is 0. The van der Waals surface area contributed by atoms with Crippen LogP contribution in [0.1, 0.15) is 43.2 Å². The quantitative estimate of drug-likeness (QED) is 0.730. The van der Waals surface area contributed by atoms with Crippen LogP contribution < -0.4 is 10.6 Å². The van der Waals surface area contributed by atoms with Crippen molar-refractivity contribution >= 4 is 23.0 Å². The summed E-state index contributed by atoms with van der Waals surface area (Å²) in [5.41, 5.74) is 3.94. The van der Waals surface area contributed by atoms with E-state index in [0.717, 1.165) is 23.6 Å². The first-order valence-electron chi connectivity index (χ1n) is 8.85. The predicted molar refractivity (Wildman–Crippen MR) is 106 cm³/mol. The van der Waals surface area contributed by atoms with Gasteiger partial charge in [0.1, 0.15) is 0 Å². The molecule has 0 atom stereocenters. The van der Waals surface area contributed by atoms with Crippen LogP contribution in [0.25, 0.3) is 0 Å². The molecule has 1 aliphatic rings. The molecule has 2 N–H and O–H groups in total. The van der Waals surface area contributed by atoms with Crippen LogP contribution in [0.3, 0.4) is 0 Å². The molecule has 2 aromatic rings. The molecule has 2 aromatic carbocycles. The largest absolute Gasteiger partial charge is 0.357 e. The molecule has 0 bridgehead atoms. The average Bonchev–Trinajstić information content (AvgIpc) is 3.03. The average molecular weight is 339 g/mol. The molecule has 3 rings (SSSR count). The summed E-state index contributed by atoms with van der Waals surface area (Å²) in [5, 5.41) is 7.71. The molecule has 0 radical (unpaired) electrons. The van der Waals surface area contributed by atoms with Crippen molar-refractivity contribution in [2.24, 2.45) is 0 Å². The van der Waals surface area contributed by atoms with Crippen LogP contribution >= 0.6 is 12.2 Å². The number of rotatable bonds is 5. The van der Waals surface area contributed by atoms with E-state index in [1.807, 2.05) is 30.3 Å². The predicted octanol–water partition coefficient (Wildman–Crippen LogP) is 5.23. The fourth-order valence-corrected chi connectivity index (χ4v) is 4.00. The Morgan fingerprint density at radius 2 is 1.79 bits per heavy atom. The Balaban J connectivity index is 1.61. The number of para-hydroxylation sites is 1. The van der Waals surface area contributed by atoms with E-state index < -0.39 is 0 Å². The molecule has 126 valence electrons. The summed E-state index contributed by atoms with van der Waals surface area (Å²) in [4.78, 5) is 0. The van der Waals surface area contributed by atoms with Gasteiger partial charge in [0, 0.05) is 11.2 Å². The van der Waals surface area contributed by atoms with E-state index in [1.54, 1.807) is 0 Å². The monoisotopic (exact) mass is 338 g/mol. The number of hydrogen-bond acceptors (Lipinski definition) is 1. The lowest BCUT2D eigenvalue weighted by Crippen LogP contribution is -2.48. The number of aryl methyl sites for hydroxylation is 2. The van der Waals surface area contributed by atoms with E-state index in [0.29, 0.717) is 0 Å². The Morgan fingerprint density at radius 3 is 2.50 bits per heavy atom. The van der Waals surface area contributed by atoms with Crippen molar-refractivity contribution in [3.05, 3.63) is 65.7 Å². The Labute approximate surface area is 150 Å². The maximum Gasteiger partial charge on any atom is 0.171 e. The van der Waals surface area contributed by atoms with Crippen LogP contribution in [-0.2, 0) is 6.42 Å². The van der Waals surface area contributed by atoms with Crippen LogP contribution in [0.2, 0.25) is 0 Å². The maximum atomic E-state index is 5.57. The zero-order valence-corrected chi connectivity index (χ0v) is 15.2. The highest BCUT2D eigenvalue weighted by Gasteiger charge is 2.33. The smallest absolute Gasteiger partial charge is 0.171 e. The minimum Gasteiger partial charge on any atom is -0.357 e.